The van der Waals surface area contributed by atoms with Crippen molar-refractivity contribution in [2.24, 2.45) is 0 Å². The molecule has 2 atom stereocenters. The van der Waals surface area contributed by atoms with Crippen molar-refractivity contribution in [3.05, 3.63) is 33.3 Å². The number of likely N-dealkylation sites (tertiary alicyclic amines) is 1. The number of hydrogen-bond acceptors (Lipinski definition) is 4. The van der Waals surface area contributed by atoms with E-state index in [9.17, 15) is 9.90 Å². The van der Waals surface area contributed by atoms with Crippen molar-refractivity contribution in [1.82, 2.24) is 9.80 Å². The molecule has 3 aliphatic heterocycles. The number of likely N-dealkylation sites (N-methyl/N-ethyl adjacent to an activating group) is 1. The molecule has 4 rings (SSSR count). The molecular weight excluding hydrogens is 373 g/mol. The lowest BCUT2D eigenvalue weighted by Crippen LogP contribution is -2.46. The van der Waals surface area contributed by atoms with Crippen LogP contribution in [0.25, 0.3) is 5.57 Å². The van der Waals surface area contributed by atoms with Gasteiger partial charge >= 0.3 is 0 Å². The molecule has 2 unspecified atom stereocenters. The summed E-state index contributed by atoms with van der Waals surface area (Å²) in [6.07, 6.45) is 4.06. The Bertz CT molecular complexity index is 781. The number of aliphatic hydroxyl groups is 1. The number of amides is 1. The van der Waals surface area contributed by atoms with Gasteiger partial charge < -0.3 is 20.2 Å². The summed E-state index contributed by atoms with van der Waals surface area (Å²) in [4.78, 5) is 16.0. The van der Waals surface area contributed by atoms with Gasteiger partial charge in [-0.2, -0.15) is 0 Å². The fourth-order valence-electron chi connectivity index (χ4n) is 4.38. The van der Waals surface area contributed by atoms with E-state index in [1.54, 1.807) is 4.90 Å². The highest BCUT2D eigenvalue weighted by molar-refractivity contribution is 6.44. The predicted molar refractivity (Wildman–Crippen MR) is 105 cm³/mol. The monoisotopic (exact) mass is 395 g/mol. The maximum Gasteiger partial charge on any atom is 0.248 e. The van der Waals surface area contributed by atoms with Crippen LogP contribution in [0.3, 0.4) is 0 Å². The van der Waals surface area contributed by atoms with E-state index in [4.69, 9.17) is 23.2 Å². The first-order valence-electron chi connectivity index (χ1n) is 9.04. The zero-order valence-corrected chi connectivity index (χ0v) is 16.3. The lowest BCUT2D eigenvalue weighted by molar-refractivity contribution is -0.135. The van der Waals surface area contributed by atoms with E-state index in [2.05, 4.69) is 23.3 Å². The number of anilines is 1. The van der Waals surface area contributed by atoms with Crippen LogP contribution in [0.5, 0.6) is 0 Å². The summed E-state index contributed by atoms with van der Waals surface area (Å²) in [5.74, 6) is -0.0448. The number of carbonyl (C=O) groups is 1. The summed E-state index contributed by atoms with van der Waals surface area (Å²) in [5, 5.41) is 13.9. The third-order valence-electron chi connectivity index (χ3n) is 5.82. The van der Waals surface area contributed by atoms with Gasteiger partial charge in [0.15, 0.2) is 0 Å². The van der Waals surface area contributed by atoms with E-state index >= 15 is 0 Å². The first kappa shape index (κ1) is 18.1. The quantitative estimate of drug-likeness (QED) is 0.808. The number of hydrogen-bond donors (Lipinski definition) is 2. The van der Waals surface area contributed by atoms with Crippen LogP contribution in [0.4, 0.5) is 5.69 Å². The number of rotatable bonds is 2. The molecule has 1 saturated heterocycles. The zero-order valence-electron chi connectivity index (χ0n) is 14.8. The fraction of sp³-hybridized carbons (Fsp3) is 0.526. The third kappa shape index (κ3) is 3.01. The summed E-state index contributed by atoms with van der Waals surface area (Å²) in [5.41, 5.74) is 4.55. The molecule has 0 radical (unpaired) electrons. The molecule has 1 fully saturated rings. The Morgan fingerprint density at radius 2 is 2.19 bits per heavy atom. The number of carbonyl (C=O) groups excluding carboxylic acids is 1. The molecule has 0 spiro atoms. The molecule has 3 heterocycles. The molecule has 1 amide bonds. The van der Waals surface area contributed by atoms with Crippen LogP contribution in [-0.2, 0) is 4.79 Å². The van der Waals surface area contributed by atoms with Crippen LogP contribution in [0.1, 0.15) is 29.9 Å². The molecule has 26 heavy (non-hydrogen) atoms. The van der Waals surface area contributed by atoms with Crippen molar-refractivity contribution < 1.29 is 9.90 Å². The minimum Gasteiger partial charge on any atom is -0.387 e. The zero-order chi connectivity index (χ0) is 18.4. The standard InChI is InChI=1S/C19H23Cl2N3O2/c1-23-5-2-11(3-6-23)12-8-14(20)18(21)19-17(12)13-9-24(16(26)10-25)7-4-15(13)22-19/h2,8,13,15,22,25H,3-7,9-10H2,1H3. The summed E-state index contributed by atoms with van der Waals surface area (Å²) in [6.45, 7) is 2.74. The van der Waals surface area contributed by atoms with Crippen LogP contribution in [0.2, 0.25) is 10.0 Å². The van der Waals surface area contributed by atoms with Gasteiger partial charge in [-0.1, -0.05) is 29.3 Å². The normalized spacial score (nSPS) is 25.4. The van der Waals surface area contributed by atoms with Crippen molar-refractivity contribution in [3.63, 3.8) is 0 Å². The molecule has 0 aromatic heterocycles. The SMILES string of the molecule is CN1CC=C(c2cc(Cl)c(Cl)c3c2C2CN(C(=O)CO)CCC2N3)CC1. The van der Waals surface area contributed by atoms with Crippen LogP contribution in [0.15, 0.2) is 12.1 Å². The second-order valence-corrected chi connectivity index (χ2v) is 8.18. The maximum atomic E-state index is 12.0. The van der Waals surface area contributed by atoms with Gasteiger partial charge in [-0.25, -0.2) is 0 Å². The Morgan fingerprint density at radius 3 is 2.88 bits per heavy atom. The fourth-order valence-corrected chi connectivity index (χ4v) is 4.79. The van der Waals surface area contributed by atoms with Crippen molar-refractivity contribution in [2.45, 2.75) is 24.8 Å². The van der Waals surface area contributed by atoms with Gasteiger partial charge in [0.2, 0.25) is 5.91 Å². The molecule has 1 aromatic rings. The lowest BCUT2D eigenvalue weighted by atomic mass is 9.83. The molecule has 0 bridgehead atoms. The minimum absolute atomic E-state index is 0.166. The Labute approximate surface area is 163 Å². The Kier molecular flexibility index (Phi) is 4.90. The average molecular weight is 396 g/mol. The average Bonchev–Trinajstić information content (AvgIpc) is 3.04. The number of fused-ring (bicyclic) bond motifs is 3. The van der Waals surface area contributed by atoms with E-state index in [0.717, 1.165) is 37.2 Å². The molecule has 7 heteroatoms. The molecular formula is C19H23Cl2N3O2. The summed E-state index contributed by atoms with van der Waals surface area (Å²) in [7, 11) is 2.11. The smallest absolute Gasteiger partial charge is 0.248 e. The van der Waals surface area contributed by atoms with Gasteiger partial charge in [0.25, 0.3) is 0 Å². The Hall–Kier alpha value is -1.27. The number of aliphatic hydroxyl groups excluding tert-OH is 1. The Morgan fingerprint density at radius 1 is 1.38 bits per heavy atom. The predicted octanol–water partition coefficient (Wildman–Crippen LogP) is 2.81. The number of nitrogens with one attached hydrogen (secondary N) is 1. The summed E-state index contributed by atoms with van der Waals surface area (Å²) >= 11 is 13.0. The first-order chi connectivity index (χ1) is 12.5. The van der Waals surface area contributed by atoms with Crippen molar-refractivity contribution >= 4 is 40.4 Å². The van der Waals surface area contributed by atoms with Crippen LogP contribution >= 0.6 is 23.2 Å². The van der Waals surface area contributed by atoms with Crippen molar-refractivity contribution in [2.75, 3.05) is 45.2 Å². The summed E-state index contributed by atoms with van der Waals surface area (Å²) < 4.78 is 0. The molecule has 1 aromatic carbocycles. The summed E-state index contributed by atoms with van der Waals surface area (Å²) in [6, 6.07) is 2.23. The molecule has 0 aliphatic carbocycles. The van der Waals surface area contributed by atoms with Gasteiger partial charge in [0.1, 0.15) is 6.61 Å². The topological polar surface area (TPSA) is 55.8 Å². The second kappa shape index (κ2) is 7.04. The van der Waals surface area contributed by atoms with Crippen molar-refractivity contribution in [3.8, 4) is 0 Å². The maximum absolute atomic E-state index is 12.0. The van der Waals surface area contributed by atoms with Crippen LogP contribution < -0.4 is 5.32 Å². The Balaban J connectivity index is 1.76. The molecule has 2 N–H and O–H groups in total. The highest BCUT2D eigenvalue weighted by Crippen LogP contribution is 2.50. The van der Waals surface area contributed by atoms with E-state index in [1.165, 1.54) is 11.1 Å². The molecule has 5 nitrogen and oxygen atoms in total. The largest absolute Gasteiger partial charge is 0.387 e. The number of nitrogens with zero attached hydrogens (tertiary/aromatic N) is 2. The van der Waals surface area contributed by atoms with E-state index in [-0.39, 0.29) is 17.9 Å². The van der Waals surface area contributed by atoms with Crippen molar-refractivity contribution in [1.29, 1.82) is 0 Å². The molecule has 0 saturated carbocycles. The third-order valence-corrected chi connectivity index (χ3v) is 6.61. The van der Waals surface area contributed by atoms with E-state index < -0.39 is 6.61 Å². The highest BCUT2D eigenvalue weighted by atomic mass is 35.5. The van der Waals surface area contributed by atoms with Crippen LogP contribution in [-0.4, -0.2) is 66.7 Å². The van der Waals surface area contributed by atoms with Gasteiger partial charge in [-0.3, -0.25) is 4.79 Å². The van der Waals surface area contributed by atoms with E-state index in [1.807, 2.05) is 6.07 Å². The number of benzene rings is 1. The van der Waals surface area contributed by atoms with Gasteiger partial charge in [0.05, 0.1) is 15.7 Å². The van der Waals surface area contributed by atoms with E-state index in [0.29, 0.717) is 23.1 Å². The van der Waals surface area contributed by atoms with Gasteiger partial charge in [-0.05, 0) is 42.7 Å². The minimum atomic E-state index is -0.441. The number of halogens is 2. The second-order valence-electron chi connectivity index (χ2n) is 7.39. The molecule has 3 aliphatic rings. The molecule has 140 valence electrons. The number of piperidine rings is 1. The van der Waals surface area contributed by atoms with Gasteiger partial charge in [-0.15, -0.1) is 0 Å². The van der Waals surface area contributed by atoms with Gasteiger partial charge in [0, 0.05) is 38.1 Å². The highest BCUT2D eigenvalue weighted by Gasteiger charge is 2.41. The first-order valence-corrected chi connectivity index (χ1v) is 9.80. The van der Waals surface area contributed by atoms with Crippen LogP contribution in [0, 0.1) is 0 Å². The lowest BCUT2D eigenvalue weighted by Gasteiger charge is -2.35.